The molecule has 0 aromatic heterocycles. The standard InChI is InChI=1S/C25H28O4/c1-16(2)15-25(19-9-13-21(28-6)14-10-19)23(26)22(24(25)29-17(3)4)18-7-11-20(27-5)12-8-18/h7-14,17H,1,15H2,2-6H3. The molecule has 0 spiro atoms. The van der Waals surface area contributed by atoms with Crippen molar-refractivity contribution >= 4 is 11.4 Å². The summed E-state index contributed by atoms with van der Waals surface area (Å²) in [6, 6.07) is 15.1. The molecule has 1 aliphatic rings. The fourth-order valence-electron chi connectivity index (χ4n) is 3.84. The number of hydrogen-bond donors (Lipinski definition) is 0. The van der Waals surface area contributed by atoms with Gasteiger partial charge in [0.25, 0.3) is 0 Å². The highest BCUT2D eigenvalue weighted by molar-refractivity contribution is 6.34. The molecule has 2 aromatic carbocycles. The Labute approximate surface area is 172 Å². The van der Waals surface area contributed by atoms with Crippen molar-refractivity contribution < 1.29 is 19.0 Å². The van der Waals surface area contributed by atoms with E-state index in [1.807, 2.05) is 69.3 Å². The molecule has 0 saturated carbocycles. The van der Waals surface area contributed by atoms with Gasteiger partial charge in [0.2, 0.25) is 0 Å². The van der Waals surface area contributed by atoms with Crippen LogP contribution in [0.2, 0.25) is 0 Å². The molecule has 1 unspecified atom stereocenters. The number of ketones is 1. The lowest BCUT2D eigenvalue weighted by Crippen LogP contribution is -2.49. The van der Waals surface area contributed by atoms with Crippen LogP contribution >= 0.6 is 0 Å². The molecule has 3 rings (SSSR count). The van der Waals surface area contributed by atoms with Crippen molar-refractivity contribution in [2.45, 2.75) is 38.7 Å². The third-order valence-corrected chi connectivity index (χ3v) is 5.11. The normalized spacial score (nSPS) is 18.5. The highest BCUT2D eigenvalue weighted by Crippen LogP contribution is 2.54. The summed E-state index contributed by atoms with van der Waals surface area (Å²) in [5.41, 5.74) is 2.40. The van der Waals surface area contributed by atoms with E-state index >= 15 is 0 Å². The summed E-state index contributed by atoms with van der Waals surface area (Å²) in [6.45, 7) is 9.97. The van der Waals surface area contributed by atoms with Gasteiger partial charge in [0.15, 0.2) is 5.78 Å². The van der Waals surface area contributed by atoms with Crippen LogP contribution in [0.4, 0.5) is 0 Å². The first-order valence-electron chi connectivity index (χ1n) is 9.73. The van der Waals surface area contributed by atoms with Crippen molar-refractivity contribution in [3.05, 3.63) is 77.6 Å². The number of methoxy groups -OCH3 is 2. The van der Waals surface area contributed by atoms with E-state index in [0.29, 0.717) is 17.8 Å². The van der Waals surface area contributed by atoms with Gasteiger partial charge in [0, 0.05) is 0 Å². The first-order valence-corrected chi connectivity index (χ1v) is 9.73. The van der Waals surface area contributed by atoms with Gasteiger partial charge in [-0.05, 0) is 62.6 Å². The molecule has 0 heterocycles. The van der Waals surface area contributed by atoms with Gasteiger partial charge in [0.1, 0.15) is 22.7 Å². The Kier molecular flexibility index (Phi) is 5.83. The summed E-state index contributed by atoms with van der Waals surface area (Å²) in [7, 11) is 3.25. The minimum atomic E-state index is -0.863. The summed E-state index contributed by atoms with van der Waals surface area (Å²) in [6.07, 6.45) is 0.439. The van der Waals surface area contributed by atoms with Gasteiger partial charge in [0.05, 0.1) is 25.9 Å². The molecule has 0 saturated heterocycles. The van der Waals surface area contributed by atoms with Gasteiger partial charge < -0.3 is 14.2 Å². The molecule has 0 aliphatic heterocycles. The van der Waals surface area contributed by atoms with Crippen molar-refractivity contribution in [3.8, 4) is 11.5 Å². The van der Waals surface area contributed by atoms with Crippen molar-refractivity contribution in [2.75, 3.05) is 14.2 Å². The molecule has 0 N–H and O–H groups in total. The lowest BCUT2D eigenvalue weighted by molar-refractivity contribution is -0.122. The van der Waals surface area contributed by atoms with E-state index in [-0.39, 0.29) is 11.9 Å². The largest absolute Gasteiger partial charge is 0.497 e. The minimum absolute atomic E-state index is 0.0477. The van der Waals surface area contributed by atoms with Crippen LogP contribution in [0.15, 0.2) is 66.4 Å². The fraction of sp³-hybridized carbons (Fsp3) is 0.320. The van der Waals surface area contributed by atoms with Crippen LogP contribution in [0.1, 0.15) is 38.3 Å². The average molecular weight is 392 g/mol. The van der Waals surface area contributed by atoms with Crippen LogP contribution in [0.3, 0.4) is 0 Å². The maximum atomic E-state index is 13.7. The zero-order valence-electron chi connectivity index (χ0n) is 17.7. The number of benzene rings is 2. The first kappa shape index (κ1) is 20.7. The Balaban J connectivity index is 2.18. The fourth-order valence-corrected chi connectivity index (χ4v) is 3.84. The molecule has 1 aliphatic carbocycles. The van der Waals surface area contributed by atoms with Crippen molar-refractivity contribution in [3.63, 3.8) is 0 Å². The quantitative estimate of drug-likeness (QED) is 0.570. The first-order chi connectivity index (χ1) is 13.8. The molecule has 0 bridgehead atoms. The van der Waals surface area contributed by atoms with Crippen molar-refractivity contribution in [1.29, 1.82) is 0 Å². The Bertz CT molecular complexity index is 936. The number of Topliss-reactive ketones (excluding diaryl/α,β-unsaturated/α-hetero) is 1. The van der Waals surface area contributed by atoms with Crippen LogP contribution in [0, 0.1) is 0 Å². The van der Waals surface area contributed by atoms with E-state index in [9.17, 15) is 4.79 Å². The number of carbonyl (C=O) groups excluding carboxylic acids is 1. The topological polar surface area (TPSA) is 44.8 Å². The molecule has 152 valence electrons. The highest BCUT2D eigenvalue weighted by Gasteiger charge is 2.57. The number of allylic oxidation sites excluding steroid dienone is 3. The Morgan fingerprint density at radius 3 is 1.93 bits per heavy atom. The summed E-state index contributed by atoms with van der Waals surface area (Å²) in [5.74, 6) is 2.25. The summed E-state index contributed by atoms with van der Waals surface area (Å²) in [5, 5.41) is 0. The maximum Gasteiger partial charge on any atom is 0.185 e. The highest BCUT2D eigenvalue weighted by atomic mass is 16.5. The lowest BCUT2D eigenvalue weighted by atomic mass is 9.59. The molecule has 29 heavy (non-hydrogen) atoms. The predicted molar refractivity (Wildman–Crippen MR) is 115 cm³/mol. The van der Waals surface area contributed by atoms with Gasteiger partial charge in [-0.1, -0.05) is 29.8 Å². The van der Waals surface area contributed by atoms with Crippen LogP contribution in [0.5, 0.6) is 11.5 Å². The summed E-state index contributed by atoms with van der Waals surface area (Å²) in [4.78, 5) is 13.7. The second kappa shape index (κ2) is 8.16. The third kappa shape index (κ3) is 3.67. The van der Waals surface area contributed by atoms with Gasteiger partial charge in [-0.15, -0.1) is 6.58 Å². The van der Waals surface area contributed by atoms with Gasteiger partial charge >= 0.3 is 0 Å². The van der Waals surface area contributed by atoms with E-state index in [1.165, 1.54) is 0 Å². The zero-order chi connectivity index (χ0) is 21.2. The van der Waals surface area contributed by atoms with E-state index in [1.54, 1.807) is 14.2 Å². The number of rotatable bonds is 8. The SMILES string of the molecule is C=C(C)CC1(c2ccc(OC)cc2)C(=O)C(c2ccc(OC)cc2)=C1OC(C)C. The molecule has 0 amide bonds. The molecule has 1 atom stereocenters. The Hall–Kier alpha value is -3.01. The molecule has 4 nitrogen and oxygen atoms in total. The van der Waals surface area contributed by atoms with E-state index in [4.69, 9.17) is 14.2 Å². The lowest BCUT2D eigenvalue weighted by Gasteiger charge is -2.45. The Morgan fingerprint density at radius 1 is 0.966 bits per heavy atom. The number of carbonyl (C=O) groups is 1. The van der Waals surface area contributed by atoms with Gasteiger partial charge in [-0.2, -0.15) is 0 Å². The van der Waals surface area contributed by atoms with E-state index in [0.717, 1.165) is 28.2 Å². The molecular formula is C25H28O4. The second-order valence-electron chi connectivity index (χ2n) is 7.70. The molecular weight excluding hydrogens is 364 g/mol. The van der Waals surface area contributed by atoms with Crippen LogP contribution in [-0.4, -0.2) is 26.1 Å². The average Bonchev–Trinajstić information content (AvgIpc) is 2.71. The van der Waals surface area contributed by atoms with Crippen LogP contribution in [0.25, 0.3) is 5.57 Å². The van der Waals surface area contributed by atoms with Crippen molar-refractivity contribution in [2.24, 2.45) is 0 Å². The summed E-state index contributed by atoms with van der Waals surface area (Å²) < 4.78 is 16.8. The monoisotopic (exact) mass is 392 g/mol. The predicted octanol–water partition coefficient (Wildman–Crippen LogP) is 5.33. The zero-order valence-corrected chi connectivity index (χ0v) is 17.7. The molecule has 0 radical (unpaired) electrons. The number of hydrogen-bond acceptors (Lipinski definition) is 4. The maximum absolute atomic E-state index is 13.7. The minimum Gasteiger partial charge on any atom is -0.497 e. The molecule has 0 fully saturated rings. The van der Waals surface area contributed by atoms with Gasteiger partial charge in [-0.3, -0.25) is 4.79 Å². The smallest absolute Gasteiger partial charge is 0.185 e. The molecule has 4 heteroatoms. The summed E-state index contributed by atoms with van der Waals surface area (Å²) >= 11 is 0. The third-order valence-electron chi connectivity index (χ3n) is 5.11. The van der Waals surface area contributed by atoms with Crippen molar-refractivity contribution in [1.82, 2.24) is 0 Å². The van der Waals surface area contributed by atoms with E-state index in [2.05, 4.69) is 6.58 Å². The molecule has 2 aromatic rings. The number of ether oxygens (including phenoxy) is 3. The van der Waals surface area contributed by atoms with E-state index < -0.39 is 5.41 Å². The van der Waals surface area contributed by atoms with Crippen LogP contribution < -0.4 is 9.47 Å². The van der Waals surface area contributed by atoms with Crippen LogP contribution in [-0.2, 0) is 14.9 Å². The van der Waals surface area contributed by atoms with Gasteiger partial charge in [-0.25, -0.2) is 0 Å². The Morgan fingerprint density at radius 2 is 1.48 bits per heavy atom. The second-order valence-corrected chi connectivity index (χ2v) is 7.70.